The molecule has 0 saturated heterocycles. The molecule has 0 aliphatic rings. The highest BCUT2D eigenvalue weighted by atomic mass is 32.2. The van der Waals surface area contributed by atoms with Crippen molar-refractivity contribution >= 4 is 32.0 Å². The summed E-state index contributed by atoms with van der Waals surface area (Å²) in [6.45, 7) is 4.32. The molecule has 0 saturated carbocycles. The van der Waals surface area contributed by atoms with E-state index in [1.54, 1.807) is 0 Å². The van der Waals surface area contributed by atoms with Gasteiger partial charge in [0.05, 0.1) is 11.4 Å². The van der Waals surface area contributed by atoms with E-state index in [1.165, 1.54) is 23.2 Å². The second kappa shape index (κ2) is 6.58. The fourth-order valence-electron chi connectivity index (χ4n) is 1.87. The highest BCUT2D eigenvalue weighted by molar-refractivity contribution is 7.90. The first-order chi connectivity index (χ1) is 9.83. The van der Waals surface area contributed by atoms with Crippen LogP contribution < -0.4 is 5.32 Å². The minimum absolute atomic E-state index is 0.138. The third-order valence-electron chi connectivity index (χ3n) is 3.09. The van der Waals surface area contributed by atoms with Crippen molar-refractivity contribution in [3.63, 3.8) is 0 Å². The van der Waals surface area contributed by atoms with E-state index in [4.69, 9.17) is 0 Å². The zero-order chi connectivity index (χ0) is 15.5. The van der Waals surface area contributed by atoms with Gasteiger partial charge in [0, 0.05) is 23.7 Å². The molecule has 114 valence electrons. The highest BCUT2D eigenvalue weighted by Gasteiger charge is 2.07. The van der Waals surface area contributed by atoms with Gasteiger partial charge in [0.2, 0.25) is 0 Å². The van der Waals surface area contributed by atoms with Gasteiger partial charge < -0.3 is 5.32 Å². The molecule has 2 rings (SSSR count). The quantitative estimate of drug-likeness (QED) is 0.882. The Hall–Kier alpha value is -1.40. The minimum Gasteiger partial charge on any atom is -0.332 e. The Bertz CT molecular complexity index is 706. The summed E-state index contributed by atoms with van der Waals surface area (Å²) < 4.78 is 22.3. The normalized spacial score (nSPS) is 11.8. The summed E-state index contributed by atoms with van der Waals surface area (Å²) in [6, 6.07) is 8.25. The summed E-state index contributed by atoms with van der Waals surface area (Å²) in [5.41, 5.74) is 3.09. The van der Waals surface area contributed by atoms with E-state index in [2.05, 4.69) is 36.3 Å². The molecule has 1 N–H and O–H groups in total. The lowest BCUT2D eigenvalue weighted by molar-refractivity contribution is 0.601. The molecule has 1 aromatic heterocycles. The van der Waals surface area contributed by atoms with E-state index < -0.39 is 9.84 Å². The van der Waals surface area contributed by atoms with E-state index in [1.807, 2.05) is 17.5 Å². The molecule has 6 heteroatoms. The number of aryl methyl sites for hydroxylation is 1. The van der Waals surface area contributed by atoms with Gasteiger partial charge in [0.1, 0.15) is 9.84 Å². The number of hydrogen-bond acceptors (Lipinski definition) is 5. The van der Waals surface area contributed by atoms with Crippen LogP contribution in [0.3, 0.4) is 0 Å². The predicted octanol–water partition coefficient (Wildman–Crippen LogP) is 3.60. The van der Waals surface area contributed by atoms with Crippen LogP contribution in [0.15, 0.2) is 29.6 Å². The van der Waals surface area contributed by atoms with E-state index in [0.29, 0.717) is 12.3 Å². The van der Waals surface area contributed by atoms with Crippen LogP contribution in [0.1, 0.15) is 31.0 Å². The molecule has 0 aliphatic heterocycles. The van der Waals surface area contributed by atoms with Crippen LogP contribution >= 0.6 is 11.3 Å². The SMILES string of the molecule is CC(C)c1cccc(Nc2nc(CCS(C)(=O)=O)cs2)c1. The summed E-state index contributed by atoms with van der Waals surface area (Å²) in [7, 11) is -2.94. The van der Waals surface area contributed by atoms with Gasteiger partial charge in [-0.2, -0.15) is 0 Å². The monoisotopic (exact) mass is 324 g/mol. The Labute approximate surface area is 130 Å². The fraction of sp³-hybridized carbons (Fsp3) is 0.400. The highest BCUT2D eigenvalue weighted by Crippen LogP contribution is 2.24. The second-order valence-corrected chi connectivity index (χ2v) is 8.55. The van der Waals surface area contributed by atoms with Gasteiger partial charge in [-0.15, -0.1) is 11.3 Å². The van der Waals surface area contributed by atoms with E-state index in [9.17, 15) is 8.42 Å². The first kappa shape index (κ1) is 16.0. The van der Waals surface area contributed by atoms with Gasteiger partial charge >= 0.3 is 0 Å². The molecule has 21 heavy (non-hydrogen) atoms. The Morgan fingerprint density at radius 2 is 2.10 bits per heavy atom. The lowest BCUT2D eigenvalue weighted by atomic mass is 10.0. The van der Waals surface area contributed by atoms with Crippen molar-refractivity contribution in [3.05, 3.63) is 40.9 Å². The van der Waals surface area contributed by atoms with Gasteiger partial charge in [0.25, 0.3) is 0 Å². The molecule has 0 spiro atoms. The first-order valence-electron chi connectivity index (χ1n) is 6.82. The minimum atomic E-state index is -2.94. The van der Waals surface area contributed by atoms with Crippen LogP contribution in [0.25, 0.3) is 0 Å². The molecular formula is C15H20N2O2S2. The summed E-state index contributed by atoms with van der Waals surface area (Å²) in [5.74, 6) is 0.618. The van der Waals surface area contributed by atoms with Gasteiger partial charge in [0.15, 0.2) is 5.13 Å². The number of nitrogens with one attached hydrogen (secondary N) is 1. The summed E-state index contributed by atoms with van der Waals surface area (Å²) in [6.07, 6.45) is 1.71. The van der Waals surface area contributed by atoms with Crippen LogP contribution in [-0.2, 0) is 16.3 Å². The molecule has 0 aliphatic carbocycles. The zero-order valence-corrected chi connectivity index (χ0v) is 14.1. The molecular weight excluding hydrogens is 304 g/mol. The number of anilines is 2. The molecule has 0 amide bonds. The third kappa shape index (κ3) is 5.13. The second-order valence-electron chi connectivity index (χ2n) is 5.43. The van der Waals surface area contributed by atoms with E-state index >= 15 is 0 Å². The number of rotatable bonds is 6. The molecule has 1 aromatic carbocycles. The maximum Gasteiger partial charge on any atom is 0.187 e. The van der Waals surface area contributed by atoms with Crippen molar-refractivity contribution in [2.75, 3.05) is 17.3 Å². The topological polar surface area (TPSA) is 59.1 Å². The van der Waals surface area contributed by atoms with E-state index in [-0.39, 0.29) is 5.75 Å². The van der Waals surface area contributed by atoms with E-state index in [0.717, 1.165) is 16.5 Å². The average Bonchev–Trinajstić information content (AvgIpc) is 2.83. The Kier molecular flexibility index (Phi) is 5.00. The van der Waals surface area contributed by atoms with Crippen molar-refractivity contribution < 1.29 is 8.42 Å². The largest absolute Gasteiger partial charge is 0.332 e. The molecule has 0 fully saturated rings. The van der Waals surface area contributed by atoms with Crippen molar-refractivity contribution in [3.8, 4) is 0 Å². The van der Waals surface area contributed by atoms with Crippen molar-refractivity contribution in [2.24, 2.45) is 0 Å². The lowest BCUT2D eigenvalue weighted by Gasteiger charge is -2.08. The van der Waals surface area contributed by atoms with Crippen LogP contribution in [0.4, 0.5) is 10.8 Å². The summed E-state index contributed by atoms with van der Waals surface area (Å²) >= 11 is 1.49. The van der Waals surface area contributed by atoms with Gasteiger partial charge in [-0.1, -0.05) is 26.0 Å². The van der Waals surface area contributed by atoms with Gasteiger partial charge in [-0.05, 0) is 23.6 Å². The van der Waals surface area contributed by atoms with Crippen molar-refractivity contribution in [2.45, 2.75) is 26.2 Å². The van der Waals surface area contributed by atoms with Gasteiger partial charge in [-0.3, -0.25) is 0 Å². The number of aromatic nitrogens is 1. The lowest BCUT2D eigenvalue weighted by Crippen LogP contribution is -2.06. The molecule has 4 nitrogen and oxygen atoms in total. The smallest absolute Gasteiger partial charge is 0.187 e. The maximum absolute atomic E-state index is 11.2. The number of hydrogen-bond donors (Lipinski definition) is 1. The van der Waals surface area contributed by atoms with Crippen LogP contribution in [0.5, 0.6) is 0 Å². The Balaban J connectivity index is 2.04. The third-order valence-corrected chi connectivity index (χ3v) is 4.84. The fourth-order valence-corrected chi connectivity index (χ4v) is 3.21. The Morgan fingerprint density at radius 3 is 2.76 bits per heavy atom. The standard InChI is InChI=1S/C15H20N2O2S2/c1-11(2)12-5-4-6-13(9-12)16-15-17-14(10-20-15)7-8-21(3,18)19/h4-6,9-11H,7-8H2,1-3H3,(H,16,17). The van der Waals surface area contributed by atoms with Crippen LogP contribution in [0.2, 0.25) is 0 Å². The van der Waals surface area contributed by atoms with Crippen molar-refractivity contribution in [1.29, 1.82) is 0 Å². The molecule has 0 unspecified atom stereocenters. The molecule has 0 radical (unpaired) electrons. The number of benzene rings is 1. The average molecular weight is 324 g/mol. The zero-order valence-electron chi connectivity index (χ0n) is 12.5. The molecule has 2 aromatic rings. The molecule has 0 bridgehead atoms. The molecule has 0 atom stereocenters. The van der Waals surface area contributed by atoms with Crippen molar-refractivity contribution in [1.82, 2.24) is 4.98 Å². The molecule has 1 heterocycles. The van der Waals surface area contributed by atoms with Crippen LogP contribution in [0, 0.1) is 0 Å². The van der Waals surface area contributed by atoms with Crippen LogP contribution in [-0.4, -0.2) is 25.4 Å². The first-order valence-corrected chi connectivity index (χ1v) is 9.76. The summed E-state index contributed by atoms with van der Waals surface area (Å²) in [5, 5.41) is 5.97. The number of thiazole rings is 1. The Morgan fingerprint density at radius 1 is 1.33 bits per heavy atom. The summed E-state index contributed by atoms with van der Waals surface area (Å²) in [4.78, 5) is 4.43. The number of nitrogens with zero attached hydrogens (tertiary/aromatic N) is 1. The number of sulfone groups is 1. The van der Waals surface area contributed by atoms with Gasteiger partial charge in [-0.25, -0.2) is 13.4 Å². The predicted molar refractivity (Wildman–Crippen MR) is 89.3 cm³/mol. The maximum atomic E-state index is 11.2.